The highest BCUT2D eigenvalue weighted by Gasteiger charge is 2.23. The van der Waals surface area contributed by atoms with E-state index in [0.717, 1.165) is 0 Å². The molecule has 0 amide bonds. The van der Waals surface area contributed by atoms with Crippen LogP contribution in [0.4, 0.5) is 0 Å². The van der Waals surface area contributed by atoms with Gasteiger partial charge in [-0.25, -0.2) is 9.59 Å². The molecule has 0 fully saturated rings. The molecule has 8 nitrogen and oxygen atoms in total. The van der Waals surface area contributed by atoms with E-state index in [-0.39, 0.29) is 43.8 Å². The molecule has 0 aromatic rings. The first-order valence-corrected chi connectivity index (χ1v) is 9.54. The van der Waals surface area contributed by atoms with Gasteiger partial charge < -0.3 is 18.9 Å². The number of hydrogen-bond acceptors (Lipinski definition) is 8. The van der Waals surface area contributed by atoms with Crippen molar-refractivity contribution < 1.29 is 38.1 Å². The fourth-order valence-electron chi connectivity index (χ4n) is 1.76. The molecule has 0 aliphatic rings. The SMILES string of the molecule is CC(C)COC(=O)C(C)OC(=O)CCCC(=O)OC(C)C(=O)OCC(C)(C)C. The number of ether oxygens (including phenoxy) is 4. The third kappa shape index (κ3) is 13.1. The molecule has 0 saturated carbocycles. The summed E-state index contributed by atoms with van der Waals surface area (Å²) in [6.45, 7) is 12.9. The fraction of sp³-hybridized carbons (Fsp3) is 0.800. The molecular formula is C20H34O8. The molecule has 2 atom stereocenters. The van der Waals surface area contributed by atoms with Crippen molar-refractivity contribution in [1.29, 1.82) is 0 Å². The van der Waals surface area contributed by atoms with Gasteiger partial charge in [0, 0.05) is 12.8 Å². The normalized spacial score (nSPS) is 13.4. The molecular weight excluding hydrogens is 368 g/mol. The lowest BCUT2D eigenvalue weighted by Crippen LogP contribution is -2.29. The Kier molecular flexibility index (Phi) is 11.4. The lowest BCUT2D eigenvalue weighted by Gasteiger charge is -2.19. The van der Waals surface area contributed by atoms with Gasteiger partial charge in [0.1, 0.15) is 0 Å². The lowest BCUT2D eigenvalue weighted by atomic mass is 9.99. The maximum Gasteiger partial charge on any atom is 0.347 e. The Morgan fingerprint density at radius 2 is 1.18 bits per heavy atom. The first-order chi connectivity index (χ1) is 12.8. The van der Waals surface area contributed by atoms with E-state index in [9.17, 15) is 19.2 Å². The van der Waals surface area contributed by atoms with Crippen molar-refractivity contribution in [2.24, 2.45) is 11.3 Å². The number of carbonyl (C=O) groups excluding carboxylic acids is 4. The minimum absolute atomic E-state index is 0.0558. The zero-order valence-electron chi connectivity index (χ0n) is 18.0. The van der Waals surface area contributed by atoms with Gasteiger partial charge in [0.2, 0.25) is 0 Å². The predicted molar refractivity (Wildman–Crippen MR) is 101 cm³/mol. The van der Waals surface area contributed by atoms with Crippen molar-refractivity contribution >= 4 is 23.9 Å². The van der Waals surface area contributed by atoms with E-state index in [1.54, 1.807) is 0 Å². The van der Waals surface area contributed by atoms with Gasteiger partial charge in [0.05, 0.1) is 13.2 Å². The van der Waals surface area contributed by atoms with Crippen molar-refractivity contribution in [3.8, 4) is 0 Å². The van der Waals surface area contributed by atoms with Crippen molar-refractivity contribution in [2.45, 2.75) is 79.9 Å². The third-order valence-electron chi connectivity index (χ3n) is 3.25. The molecule has 0 rings (SSSR count). The summed E-state index contributed by atoms with van der Waals surface area (Å²) in [5, 5.41) is 0. The molecule has 0 aliphatic carbocycles. The second-order valence-electron chi connectivity index (χ2n) is 8.31. The molecule has 0 aromatic heterocycles. The van der Waals surface area contributed by atoms with Crippen LogP contribution in [0.2, 0.25) is 0 Å². The van der Waals surface area contributed by atoms with E-state index < -0.39 is 36.1 Å². The van der Waals surface area contributed by atoms with Crippen molar-refractivity contribution in [1.82, 2.24) is 0 Å². The highest BCUT2D eigenvalue weighted by atomic mass is 16.6. The molecule has 0 heterocycles. The second kappa shape index (κ2) is 12.4. The number of hydrogen-bond donors (Lipinski definition) is 0. The largest absolute Gasteiger partial charge is 0.463 e. The zero-order valence-corrected chi connectivity index (χ0v) is 18.0. The topological polar surface area (TPSA) is 105 Å². The summed E-state index contributed by atoms with van der Waals surface area (Å²) >= 11 is 0. The van der Waals surface area contributed by atoms with Crippen LogP contribution in [0.3, 0.4) is 0 Å². The molecule has 0 bridgehead atoms. The fourth-order valence-corrected chi connectivity index (χ4v) is 1.76. The lowest BCUT2D eigenvalue weighted by molar-refractivity contribution is -0.169. The summed E-state index contributed by atoms with van der Waals surface area (Å²) in [6, 6.07) is 0. The van der Waals surface area contributed by atoms with Gasteiger partial charge in [0.25, 0.3) is 0 Å². The number of carbonyl (C=O) groups is 4. The van der Waals surface area contributed by atoms with Crippen LogP contribution in [-0.4, -0.2) is 49.3 Å². The van der Waals surface area contributed by atoms with Gasteiger partial charge in [-0.15, -0.1) is 0 Å². The Balaban J connectivity index is 4.08. The van der Waals surface area contributed by atoms with Gasteiger partial charge in [-0.3, -0.25) is 9.59 Å². The Labute approximate surface area is 167 Å². The first-order valence-electron chi connectivity index (χ1n) is 9.54. The minimum Gasteiger partial charge on any atom is -0.463 e. The standard InChI is InChI=1S/C20H34O8/c1-13(2)11-25-18(23)14(3)27-16(21)9-8-10-17(22)28-15(4)19(24)26-12-20(5,6)7/h13-15H,8-12H2,1-7H3. The van der Waals surface area contributed by atoms with E-state index in [2.05, 4.69) is 0 Å². The van der Waals surface area contributed by atoms with Crippen LogP contribution in [0, 0.1) is 11.3 Å². The zero-order chi connectivity index (χ0) is 21.9. The van der Waals surface area contributed by atoms with E-state index in [4.69, 9.17) is 18.9 Å². The Bertz CT molecular complexity index is 533. The summed E-state index contributed by atoms with van der Waals surface area (Å²) in [4.78, 5) is 46.9. The summed E-state index contributed by atoms with van der Waals surface area (Å²) in [5.41, 5.74) is -0.182. The monoisotopic (exact) mass is 402 g/mol. The molecule has 162 valence electrons. The van der Waals surface area contributed by atoms with Gasteiger partial charge >= 0.3 is 23.9 Å². The molecule has 8 heteroatoms. The highest BCUT2D eigenvalue weighted by molar-refractivity contribution is 5.80. The smallest absolute Gasteiger partial charge is 0.347 e. The molecule has 0 aliphatic heterocycles. The van der Waals surface area contributed by atoms with Gasteiger partial charge in [-0.2, -0.15) is 0 Å². The van der Waals surface area contributed by atoms with Crippen molar-refractivity contribution in [3.63, 3.8) is 0 Å². The van der Waals surface area contributed by atoms with Crippen LogP contribution in [-0.2, 0) is 38.1 Å². The summed E-state index contributed by atoms with van der Waals surface area (Å²) < 4.78 is 20.0. The molecule has 0 N–H and O–H groups in total. The number of esters is 4. The molecule has 2 unspecified atom stereocenters. The quantitative estimate of drug-likeness (QED) is 0.384. The second-order valence-corrected chi connectivity index (χ2v) is 8.31. The van der Waals surface area contributed by atoms with E-state index in [1.807, 2.05) is 34.6 Å². The predicted octanol–water partition coefficient (Wildman–Crippen LogP) is 2.81. The van der Waals surface area contributed by atoms with Gasteiger partial charge in [0.15, 0.2) is 12.2 Å². The molecule has 0 spiro atoms. The Morgan fingerprint density at radius 1 is 0.750 bits per heavy atom. The van der Waals surface area contributed by atoms with Crippen LogP contribution >= 0.6 is 0 Å². The van der Waals surface area contributed by atoms with Crippen LogP contribution in [0.5, 0.6) is 0 Å². The maximum absolute atomic E-state index is 11.8. The minimum atomic E-state index is -1.02. The summed E-state index contributed by atoms with van der Waals surface area (Å²) in [5.74, 6) is -2.26. The van der Waals surface area contributed by atoms with Crippen LogP contribution in [0.15, 0.2) is 0 Å². The summed E-state index contributed by atoms with van der Waals surface area (Å²) in [7, 11) is 0. The molecule has 28 heavy (non-hydrogen) atoms. The van der Waals surface area contributed by atoms with E-state index in [0.29, 0.717) is 0 Å². The van der Waals surface area contributed by atoms with E-state index in [1.165, 1.54) is 13.8 Å². The van der Waals surface area contributed by atoms with E-state index >= 15 is 0 Å². The third-order valence-corrected chi connectivity index (χ3v) is 3.25. The summed E-state index contributed by atoms with van der Waals surface area (Å²) in [6.07, 6.45) is -1.96. The van der Waals surface area contributed by atoms with Gasteiger partial charge in [-0.05, 0) is 31.6 Å². The average Bonchev–Trinajstić information content (AvgIpc) is 2.56. The van der Waals surface area contributed by atoms with Crippen molar-refractivity contribution in [2.75, 3.05) is 13.2 Å². The molecule has 0 saturated heterocycles. The van der Waals surface area contributed by atoms with Crippen molar-refractivity contribution in [3.05, 3.63) is 0 Å². The Morgan fingerprint density at radius 3 is 1.57 bits per heavy atom. The molecule has 0 aromatic carbocycles. The molecule has 0 radical (unpaired) electrons. The average molecular weight is 402 g/mol. The number of rotatable bonds is 11. The Hall–Kier alpha value is -2.12. The maximum atomic E-state index is 11.8. The first kappa shape index (κ1) is 25.9. The van der Waals surface area contributed by atoms with Crippen LogP contribution in [0.25, 0.3) is 0 Å². The van der Waals surface area contributed by atoms with Gasteiger partial charge in [-0.1, -0.05) is 34.6 Å². The van der Waals surface area contributed by atoms with Crippen LogP contribution in [0.1, 0.15) is 67.7 Å². The highest BCUT2D eigenvalue weighted by Crippen LogP contribution is 2.14. The van der Waals surface area contributed by atoms with Crippen LogP contribution < -0.4 is 0 Å².